The maximum absolute atomic E-state index is 12.7. The van der Waals surface area contributed by atoms with Crippen molar-refractivity contribution < 1.29 is 19.1 Å². The van der Waals surface area contributed by atoms with Crippen molar-refractivity contribution in [2.45, 2.75) is 31.7 Å². The number of H-pyrrole nitrogens is 1. The molecule has 0 unspecified atom stereocenters. The minimum absolute atomic E-state index is 0.139. The van der Waals surface area contributed by atoms with E-state index in [2.05, 4.69) is 15.6 Å². The standard InChI is InChI=1S/C25H28N4O4/c1-4-25(2)23(31)29(24(32)28-25)15-22(30)27-13-19(16-9-11-17(33-3)12-10-16)20-14-26-21-8-6-5-7-18(20)21/h5-12,14,19,26H,4,13,15H2,1-3H3,(H,27,30)(H,28,32)/t19-,25+/m1/s1. The van der Waals surface area contributed by atoms with E-state index in [0.717, 1.165) is 32.7 Å². The van der Waals surface area contributed by atoms with Crippen LogP contribution in [-0.2, 0) is 9.59 Å². The number of fused-ring (bicyclic) bond motifs is 1. The summed E-state index contributed by atoms with van der Waals surface area (Å²) in [7, 11) is 1.62. The summed E-state index contributed by atoms with van der Waals surface area (Å²) >= 11 is 0. The Kier molecular flexibility index (Phi) is 6.09. The molecule has 1 aliphatic heterocycles. The number of amides is 4. The fourth-order valence-electron chi connectivity index (χ4n) is 4.17. The van der Waals surface area contributed by atoms with Crippen molar-refractivity contribution in [1.29, 1.82) is 0 Å². The Balaban J connectivity index is 1.54. The van der Waals surface area contributed by atoms with Crippen molar-refractivity contribution in [3.63, 3.8) is 0 Å². The highest BCUT2D eigenvalue weighted by atomic mass is 16.5. The summed E-state index contributed by atoms with van der Waals surface area (Å²) in [5.74, 6) is -0.163. The lowest BCUT2D eigenvalue weighted by Gasteiger charge is -2.21. The molecule has 3 aromatic rings. The van der Waals surface area contributed by atoms with Crippen LogP contribution in [0.3, 0.4) is 0 Å². The van der Waals surface area contributed by atoms with Gasteiger partial charge < -0.3 is 20.4 Å². The summed E-state index contributed by atoms with van der Waals surface area (Å²) in [5, 5.41) is 6.66. The number of methoxy groups -OCH3 is 1. The lowest BCUT2D eigenvalue weighted by molar-refractivity contribution is -0.134. The smallest absolute Gasteiger partial charge is 0.325 e. The number of hydrogen-bond donors (Lipinski definition) is 3. The van der Waals surface area contributed by atoms with Crippen LogP contribution in [0.2, 0.25) is 0 Å². The van der Waals surface area contributed by atoms with E-state index in [0.29, 0.717) is 13.0 Å². The molecule has 1 aliphatic rings. The second-order valence-electron chi connectivity index (χ2n) is 8.43. The molecule has 8 nitrogen and oxygen atoms in total. The van der Waals surface area contributed by atoms with Gasteiger partial charge in [0.1, 0.15) is 17.8 Å². The number of hydrogen-bond acceptors (Lipinski definition) is 4. The molecule has 0 bridgehead atoms. The summed E-state index contributed by atoms with van der Waals surface area (Å²) in [6.07, 6.45) is 2.41. The number of benzene rings is 2. The van der Waals surface area contributed by atoms with Gasteiger partial charge in [0.2, 0.25) is 5.91 Å². The van der Waals surface area contributed by atoms with E-state index in [-0.39, 0.29) is 18.4 Å². The molecule has 0 saturated carbocycles. The SMILES string of the molecule is CC[C@]1(C)NC(=O)N(CC(=O)NC[C@H](c2ccc(OC)cc2)c2c[nH]c3ccccc23)C1=O. The van der Waals surface area contributed by atoms with Gasteiger partial charge in [0, 0.05) is 29.6 Å². The predicted octanol–water partition coefficient (Wildman–Crippen LogP) is 3.15. The molecule has 2 aromatic carbocycles. The summed E-state index contributed by atoms with van der Waals surface area (Å²) in [6, 6.07) is 15.2. The molecule has 0 aliphatic carbocycles. The van der Waals surface area contributed by atoms with Gasteiger partial charge in [-0.05, 0) is 42.7 Å². The van der Waals surface area contributed by atoms with Crippen LogP contribution in [0.1, 0.15) is 37.3 Å². The maximum atomic E-state index is 12.7. The Hall–Kier alpha value is -3.81. The highest BCUT2D eigenvalue weighted by Crippen LogP contribution is 2.31. The molecule has 4 rings (SSSR count). The zero-order valence-electron chi connectivity index (χ0n) is 19.0. The third kappa shape index (κ3) is 4.28. The fraction of sp³-hybridized carbons (Fsp3) is 0.320. The lowest BCUT2D eigenvalue weighted by atomic mass is 9.90. The van der Waals surface area contributed by atoms with Crippen LogP contribution < -0.4 is 15.4 Å². The molecule has 0 radical (unpaired) electrons. The van der Waals surface area contributed by atoms with Gasteiger partial charge >= 0.3 is 6.03 Å². The van der Waals surface area contributed by atoms with E-state index >= 15 is 0 Å². The molecular weight excluding hydrogens is 420 g/mol. The van der Waals surface area contributed by atoms with Gasteiger partial charge in [-0.1, -0.05) is 37.3 Å². The zero-order valence-corrected chi connectivity index (χ0v) is 19.0. The van der Waals surface area contributed by atoms with E-state index < -0.39 is 17.5 Å². The molecule has 33 heavy (non-hydrogen) atoms. The van der Waals surface area contributed by atoms with Gasteiger partial charge in [-0.25, -0.2) is 4.79 Å². The molecule has 2 heterocycles. The summed E-state index contributed by atoms with van der Waals surface area (Å²) < 4.78 is 5.28. The monoisotopic (exact) mass is 448 g/mol. The minimum Gasteiger partial charge on any atom is -0.497 e. The number of rotatable bonds is 8. The topological polar surface area (TPSA) is 104 Å². The van der Waals surface area contributed by atoms with Gasteiger partial charge in [0.25, 0.3) is 5.91 Å². The predicted molar refractivity (Wildman–Crippen MR) is 125 cm³/mol. The molecular formula is C25H28N4O4. The molecule has 172 valence electrons. The van der Waals surface area contributed by atoms with Crippen molar-refractivity contribution in [2.75, 3.05) is 20.2 Å². The summed E-state index contributed by atoms with van der Waals surface area (Å²) in [4.78, 5) is 41.9. The fourth-order valence-corrected chi connectivity index (χ4v) is 4.17. The minimum atomic E-state index is -0.965. The van der Waals surface area contributed by atoms with E-state index in [1.807, 2.05) is 61.7 Å². The molecule has 1 fully saturated rings. The maximum Gasteiger partial charge on any atom is 0.325 e. The van der Waals surface area contributed by atoms with Gasteiger partial charge in [0.05, 0.1) is 7.11 Å². The quantitative estimate of drug-likeness (QED) is 0.461. The highest BCUT2D eigenvalue weighted by Gasteiger charge is 2.47. The highest BCUT2D eigenvalue weighted by molar-refractivity contribution is 6.08. The average molecular weight is 449 g/mol. The lowest BCUT2D eigenvalue weighted by Crippen LogP contribution is -2.45. The number of carbonyl (C=O) groups is 3. The number of urea groups is 1. The molecule has 0 spiro atoms. The summed E-state index contributed by atoms with van der Waals surface area (Å²) in [5.41, 5.74) is 2.10. The van der Waals surface area contributed by atoms with E-state index in [1.165, 1.54) is 0 Å². The first kappa shape index (κ1) is 22.4. The molecule has 1 saturated heterocycles. The van der Waals surface area contributed by atoms with Crippen LogP contribution in [0.5, 0.6) is 5.75 Å². The molecule has 1 aromatic heterocycles. The first-order chi connectivity index (χ1) is 15.9. The van der Waals surface area contributed by atoms with Gasteiger partial charge in [-0.15, -0.1) is 0 Å². The Morgan fingerprint density at radius 2 is 1.88 bits per heavy atom. The average Bonchev–Trinajstić information content (AvgIpc) is 3.34. The van der Waals surface area contributed by atoms with Crippen molar-refractivity contribution >= 4 is 28.7 Å². The summed E-state index contributed by atoms with van der Waals surface area (Å²) in [6.45, 7) is 3.48. The van der Waals surface area contributed by atoms with Gasteiger partial charge in [0.15, 0.2) is 0 Å². The Bertz CT molecular complexity index is 1190. The van der Waals surface area contributed by atoms with Crippen molar-refractivity contribution in [3.05, 3.63) is 65.9 Å². The molecule has 2 atom stereocenters. The van der Waals surface area contributed by atoms with Crippen LogP contribution in [-0.4, -0.2) is 53.5 Å². The normalized spacial score (nSPS) is 18.9. The molecule has 3 N–H and O–H groups in total. The molecule has 4 amide bonds. The third-order valence-corrected chi connectivity index (χ3v) is 6.37. The van der Waals surface area contributed by atoms with E-state index in [1.54, 1.807) is 14.0 Å². The van der Waals surface area contributed by atoms with E-state index in [4.69, 9.17) is 4.74 Å². The first-order valence-electron chi connectivity index (χ1n) is 11.0. The van der Waals surface area contributed by atoms with Crippen LogP contribution in [0, 0.1) is 0 Å². The number of nitrogens with zero attached hydrogens (tertiary/aromatic N) is 1. The van der Waals surface area contributed by atoms with E-state index in [9.17, 15) is 14.4 Å². The number of carbonyl (C=O) groups excluding carboxylic acids is 3. The van der Waals surface area contributed by atoms with Crippen LogP contribution in [0.25, 0.3) is 10.9 Å². The van der Waals surface area contributed by atoms with Crippen LogP contribution >= 0.6 is 0 Å². The zero-order chi connectivity index (χ0) is 23.6. The molecule has 8 heteroatoms. The largest absolute Gasteiger partial charge is 0.497 e. The van der Waals surface area contributed by atoms with Crippen molar-refractivity contribution in [1.82, 2.24) is 20.5 Å². The number of para-hydroxylation sites is 1. The second kappa shape index (κ2) is 8.97. The number of imide groups is 1. The number of aromatic amines is 1. The Morgan fingerprint density at radius 3 is 2.55 bits per heavy atom. The first-order valence-corrected chi connectivity index (χ1v) is 11.0. The Morgan fingerprint density at radius 1 is 1.15 bits per heavy atom. The van der Waals surface area contributed by atoms with Crippen molar-refractivity contribution in [3.8, 4) is 5.75 Å². The third-order valence-electron chi connectivity index (χ3n) is 6.37. The van der Waals surface area contributed by atoms with Gasteiger partial charge in [-0.3, -0.25) is 14.5 Å². The van der Waals surface area contributed by atoms with Crippen LogP contribution in [0.15, 0.2) is 54.7 Å². The Labute approximate surface area is 192 Å². The number of aromatic nitrogens is 1. The number of nitrogens with one attached hydrogen (secondary N) is 3. The number of ether oxygens (including phenoxy) is 1. The van der Waals surface area contributed by atoms with Crippen LogP contribution in [0.4, 0.5) is 4.79 Å². The van der Waals surface area contributed by atoms with Gasteiger partial charge in [-0.2, -0.15) is 0 Å². The second-order valence-corrected chi connectivity index (χ2v) is 8.43. The van der Waals surface area contributed by atoms with Crippen molar-refractivity contribution in [2.24, 2.45) is 0 Å².